The Kier molecular flexibility index (Phi) is 5.70. The molecule has 8 heteroatoms. The van der Waals surface area contributed by atoms with Gasteiger partial charge in [0.05, 0.1) is 25.0 Å². The lowest BCUT2D eigenvalue weighted by Crippen LogP contribution is -2.34. The number of hydrogen-bond donors (Lipinski definition) is 2. The minimum atomic E-state index is -0.0725. The van der Waals surface area contributed by atoms with Crippen molar-refractivity contribution in [1.82, 2.24) is 24.5 Å². The smallest absolute Gasteiger partial charge is 0.160 e. The van der Waals surface area contributed by atoms with E-state index in [1.54, 1.807) is 4.52 Å². The molecule has 0 bridgehead atoms. The zero-order valence-electron chi connectivity index (χ0n) is 20.3. The van der Waals surface area contributed by atoms with Crippen molar-refractivity contribution in [3.63, 3.8) is 0 Å². The summed E-state index contributed by atoms with van der Waals surface area (Å²) in [5.41, 5.74) is 8.78. The van der Waals surface area contributed by atoms with E-state index in [4.69, 9.17) is 0 Å². The van der Waals surface area contributed by atoms with Gasteiger partial charge in [0.25, 0.3) is 0 Å². The summed E-state index contributed by atoms with van der Waals surface area (Å²) in [5.74, 6) is 0.920. The average Bonchev–Trinajstić information content (AvgIpc) is 3.62. The largest absolute Gasteiger partial charge is 0.392 e. The van der Waals surface area contributed by atoms with Crippen LogP contribution in [-0.4, -0.2) is 55.8 Å². The third-order valence-corrected chi connectivity index (χ3v) is 7.43. The minimum Gasteiger partial charge on any atom is -0.392 e. The van der Waals surface area contributed by atoms with Crippen molar-refractivity contribution >= 4 is 16.6 Å². The number of aromatic nitrogens is 4. The summed E-state index contributed by atoms with van der Waals surface area (Å²) >= 11 is 0. The van der Waals surface area contributed by atoms with E-state index in [1.165, 1.54) is 41.3 Å². The van der Waals surface area contributed by atoms with Crippen LogP contribution in [0.15, 0.2) is 58.8 Å². The number of nitrogens with zero attached hydrogens (tertiary/aromatic N) is 6. The molecule has 8 nitrogen and oxygen atoms in total. The van der Waals surface area contributed by atoms with Crippen LogP contribution in [0.1, 0.15) is 55.2 Å². The Morgan fingerprint density at radius 1 is 1.17 bits per heavy atom. The fraction of sp³-hybridized carbons (Fsp3) is 0.407. The van der Waals surface area contributed by atoms with E-state index in [2.05, 4.69) is 62.2 Å². The molecule has 1 fully saturated rings. The second-order valence-corrected chi connectivity index (χ2v) is 10.1. The van der Waals surface area contributed by atoms with Gasteiger partial charge in [0.2, 0.25) is 0 Å². The normalized spacial score (nSPS) is 17.3. The van der Waals surface area contributed by atoms with Crippen LogP contribution >= 0.6 is 0 Å². The summed E-state index contributed by atoms with van der Waals surface area (Å²) in [6.45, 7) is 8.38. The van der Waals surface area contributed by atoms with Crippen LogP contribution in [0, 0.1) is 0 Å². The van der Waals surface area contributed by atoms with Crippen molar-refractivity contribution < 1.29 is 5.11 Å². The summed E-state index contributed by atoms with van der Waals surface area (Å²) in [4.78, 5) is 10.5. The van der Waals surface area contributed by atoms with Crippen LogP contribution in [-0.2, 0) is 6.61 Å². The number of aliphatic hydroxyl groups is 1. The lowest BCUT2D eigenvalue weighted by atomic mass is 9.87. The molecule has 0 amide bonds. The number of H-pyrrole nitrogens is 1. The lowest BCUT2D eigenvalue weighted by Gasteiger charge is -2.32. The maximum absolute atomic E-state index is 9.92. The summed E-state index contributed by atoms with van der Waals surface area (Å²) in [6.07, 6.45) is 7.78. The van der Waals surface area contributed by atoms with Crippen molar-refractivity contribution in [2.24, 2.45) is 10.2 Å². The van der Waals surface area contributed by atoms with Gasteiger partial charge in [-0.2, -0.15) is 15.3 Å². The van der Waals surface area contributed by atoms with Crippen molar-refractivity contribution in [2.75, 3.05) is 26.2 Å². The first kappa shape index (κ1) is 22.1. The van der Waals surface area contributed by atoms with Crippen LogP contribution in [0.3, 0.4) is 0 Å². The first-order valence-corrected chi connectivity index (χ1v) is 12.5. The van der Waals surface area contributed by atoms with Crippen molar-refractivity contribution in [1.29, 1.82) is 0 Å². The highest BCUT2D eigenvalue weighted by Crippen LogP contribution is 2.38. The van der Waals surface area contributed by atoms with Crippen molar-refractivity contribution in [3.05, 3.63) is 65.3 Å². The molecule has 2 aliphatic rings. The molecule has 0 radical (unpaired) electrons. The number of nitrogens with one attached hydrogen (secondary N) is 1. The van der Waals surface area contributed by atoms with Crippen LogP contribution in [0.5, 0.6) is 0 Å². The van der Waals surface area contributed by atoms with E-state index in [9.17, 15) is 5.11 Å². The van der Waals surface area contributed by atoms with Gasteiger partial charge in [-0.15, -0.1) is 0 Å². The van der Waals surface area contributed by atoms with Gasteiger partial charge in [-0.05, 0) is 72.7 Å². The number of benzene rings is 1. The Morgan fingerprint density at radius 2 is 2.03 bits per heavy atom. The molecule has 3 aromatic heterocycles. The lowest BCUT2D eigenvalue weighted by molar-refractivity contribution is 0.228. The van der Waals surface area contributed by atoms with E-state index < -0.39 is 0 Å². The van der Waals surface area contributed by atoms with Crippen LogP contribution in [0.4, 0.5) is 0 Å². The molecule has 5 heterocycles. The summed E-state index contributed by atoms with van der Waals surface area (Å²) < 4.78 is 1.75. The predicted molar refractivity (Wildman–Crippen MR) is 137 cm³/mol. The molecule has 0 spiro atoms. The van der Waals surface area contributed by atoms with Gasteiger partial charge in [-0.25, -0.2) is 9.50 Å². The van der Waals surface area contributed by atoms with Crippen molar-refractivity contribution in [2.45, 2.75) is 45.1 Å². The van der Waals surface area contributed by atoms with Gasteiger partial charge in [-0.1, -0.05) is 19.9 Å². The summed E-state index contributed by atoms with van der Waals surface area (Å²) in [5, 5.41) is 23.6. The molecule has 4 aromatic rings. The van der Waals surface area contributed by atoms with Gasteiger partial charge in [0.1, 0.15) is 6.33 Å². The number of pyridine rings is 1. The number of likely N-dealkylation sites (tertiary alicyclic amines) is 1. The Morgan fingerprint density at radius 3 is 2.77 bits per heavy atom. The van der Waals surface area contributed by atoms with E-state index in [0.717, 1.165) is 48.5 Å². The number of aromatic amines is 1. The number of hydrogen-bond acceptors (Lipinski definition) is 6. The molecule has 1 saturated heterocycles. The molecule has 1 aromatic carbocycles. The molecule has 35 heavy (non-hydrogen) atoms. The van der Waals surface area contributed by atoms with E-state index in [1.807, 2.05) is 18.5 Å². The maximum Gasteiger partial charge on any atom is 0.160 e. The topological polar surface area (TPSA) is 94.2 Å². The number of azo groups is 1. The van der Waals surface area contributed by atoms with E-state index >= 15 is 0 Å². The van der Waals surface area contributed by atoms with Gasteiger partial charge < -0.3 is 10.1 Å². The van der Waals surface area contributed by atoms with Gasteiger partial charge in [0, 0.05) is 34.8 Å². The fourth-order valence-corrected chi connectivity index (χ4v) is 5.66. The third-order valence-electron chi connectivity index (χ3n) is 7.43. The molecule has 0 unspecified atom stereocenters. The highest BCUT2D eigenvalue weighted by Gasteiger charge is 2.24. The van der Waals surface area contributed by atoms with Crippen LogP contribution in [0.25, 0.3) is 27.8 Å². The minimum absolute atomic E-state index is 0.0725. The molecule has 0 saturated carbocycles. The SMILES string of the molecule is CC(C)c1c(-c2cc(CO)c3ncnn3c2)[nH]c2ccc(C3CCN(CC4=CN=NC4)CC3)cc12. The van der Waals surface area contributed by atoms with E-state index in [0.29, 0.717) is 17.5 Å². The first-order valence-electron chi connectivity index (χ1n) is 12.5. The average molecular weight is 470 g/mol. The first-order chi connectivity index (χ1) is 17.1. The zero-order chi connectivity index (χ0) is 23.9. The highest BCUT2D eigenvalue weighted by atomic mass is 16.3. The Bertz CT molecular complexity index is 1440. The molecule has 2 aliphatic heterocycles. The van der Waals surface area contributed by atoms with Gasteiger partial charge in [-0.3, -0.25) is 4.90 Å². The zero-order valence-corrected chi connectivity index (χ0v) is 20.3. The monoisotopic (exact) mass is 469 g/mol. The fourth-order valence-electron chi connectivity index (χ4n) is 5.66. The Hall–Kier alpha value is -3.36. The number of rotatable bonds is 6. The Balaban J connectivity index is 1.31. The van der Waals surface area contributed by atoms with Crippen LogP contribution in [0.2, 0.25) is 0 Å². The standard InChI is InChI=1S/C27H31N7O/c1-17(2)25-23-10-20(19-5-7-33(8-6-19)13-18-11-29-30-12-18)3-4-24(23)32-26(25)21-9-22(15-35)27-28-16-31-34(27)14-21/h3-4,9-11,14,16-17,19,32,35H,5-8,12-13,15H2,1-2H3. The molecule has 6 rings (SSSR count). The molecule has 0 aliphatic carbocycles. The summed E-state index contributed by atoms with van der Waals surface area (Å²) in [7, 11) is 0. The molecular weight excluding hydrogens is 438 g/mol. The van der Waals surface area contributed by atoms with Gasteiger partial charge >= 0.3 is 0 Å². The van der Waals surface area contributed by atoms with Crippen LogP contribution < -0.4 is 0 Å². The molecule has 2 N–H and O–H groups in total. The number of fused-ring (bicyclic) bond motifs is 2. The predicted octanol–water partition coefficient (Wildman–Crippen LogP) is 5.02. The third kappa shape index (κ3) is 4.06. The number of piperidine rings is 1. The second kappa shape index (κ2) is 9.02. The second-order valence-electron chi connectivity index (χ2n) is 10.1. The van der Waals surface area contributed by atoms with Gasteiger partial charge in [0.15, 0.2) is 5.65 Å². The highest BCUT2D eigenvalue weighted by molar-refractivity contribution is 5.92. The molecule has 180 valence electrons. The maximum atomic E-state index is 9.92. The molecular formula is C27H31N7O. The van der Waals surface area contributed by atoms with Crippen molar-refractivity contribution in [3.8, 4) is 11.3 Å². The quantitative estimate of drug-likeness (QED) is 0.414. The Labute approximate surface area is 204 Å². The van der Waals surface area contributed by atoms with E-state index in [-0.39, 0.29) is 6.61 Å². The number of aliphatic hydroxyl groups excluding tert-OH is 1. The summed E-state index contributed by atoms with van der Waals surface area (Å²) in [6, 6.07) is 8.96. The molecule has 0 atom stereocenters.